The zero-order valence-electron chi connectivity index (χ0n) is 22.3. The van der Waals surface area contributed by atoms with Gasteiger partial charge in [0.2, 0.25) is 0 Å². The summed E-state index contributed by atoms with van der Waals surface area (Å²) >= 11 is 0. The molecule has 0 bridgehead atoms. The van der Waals surface area contributed by atoms with E-state index in [0.29, 0.717) is 23.2 Å². The smallest absolute Gasteiger partial charge is 0.259 e. The summed E-state index contributed by atoms with van der Waals surface area (Å²) in [6, 6.07) is 17.3. The monoisotopic (exact) mass is 518 g/mol. The molecule has 1 aliphatic heterocycles. The molecule has 1 aliphatic rings. The van der Waals surface area contributed by atoms with Crippen molar-refractivity contribution in [2.75, 3.05) is 30.4 Å². The van der Waals surface area contributed by atoms with Crippen LogP contribution in [0.1, 0.15) is 41.2 Å². The van der Waals surface area contributed by atoms with Crippen LogP contribution >= 0.6 is 12.4 Å². The van der Waals surface area contributed by atoms with Crippen LogP contribution in [0.25, 0.3) is 22.1 Å². The van der Waals surface area contributed by atoms with Crippen LogP contribution < -0.4 is 10.2 Å². The SMILES string of the molecule is Cc1cc(-c2ccc(NC(=O)c3coc4ccc(N5CC(C)N(C)C(C)C5)cc34)cc2C)cc(C)n1.Cl. The lowest BCUT2D eigenvalue weighted by Crippen LogP contribution is -2.55. The first-order valence-electron chi connectivity index (χ1n) is 12.6. The largest absolute Gasteiger partial charge is 0.463 e. The summed E-state index contributed by atoms with van der Waals surface area (Å²) in [7, 11) is 2.18. The summed E-state index contributed by atoms with van der Waals surface area (Å²) in [6.45, 7) is 12.5. The number of rotatable bonds is 4. The fraction of sp³-hybridized carbons (Fsp3) is 0.333. The van der Waals surface area contributed by atoms with E-state index < -0.39 is 0 Å². The van der Waals surface area contributed by atoms with Gasteiger partial charge in [-0.3, -0.25) is 14.7 Å². The molecular formula is C30H35ClN4O2. The maximum atomic E-state index is 13.3. The lowest BCUT2D eigenvalue weighted by molar-refractivity contribution is 0.102. The number of furan rings is 1. The van der Waals surface area contributed by atoms with Crippen molar-refractivity contribution in [1.29, 1.82) is 0 Å². The first-order valence-corrected chi connectivity index (χ1v) is 12.6. The molecule has 1 amide bonds. The Balaban J connectivity index is 0.00000320. The average Bonchev–Trinajstić information content (AvgIpc) is 3.25. The number of halogens is 1. The van der Waals surface area contributed by atoms with Crippen molar-refractivity contribution in [3.8, 4) is 11.1 Å². The first kappa shape index (κ1) is 26.7. The number of benzene rings is 2. The number of nitrogens with zero attached hydrogens (tertiary/aromatic N) is 3. The highest BCUT2D eigenvalue weighted by atomic mass is 35.5. The fourth-order valence-corrected chi connectivity index (χ4v) is 5.26. The number of hydrogen-bond acceptors (Lipinski definition) is 5. The van der Waals surface area contributed by atoms with Gasteiger partial charge >= 0.3 is 0 Å². The molecule has 2 atom stereocenters. The van der Waals surface area contributed by atoms with Crippen molar-refractivity contribution in [2.24, 2.45) is 0 Å². The molecule has 7 heteroatoms. The van der Waals surface area contributed by atoms with Crippen molar-refractivity contribution in [3.63, 3.8) is 0 Å². The number of fused-ring (bicyclic) bond motifs is 1. The molecule has 2 aromatic heterocycles. The van der Waals surface area contributed by atoms with Crippen molar-refractivity contribution in [1.82, 2.24) is 9.88 Å². The van der Waals surface area contributed by atoms with Gasteiger partial charge in [-0.25, -0.2) is 0 Å². The maximum absolute atomic E-state index is 13.3. The van der Waals surface area contributed by atoms with Gasteiger partial charge in [0.05, 0.1) is 5.56 Å². The summed E-state index contributed by atoms with van der Waals surface area (Å²) in [5.41, 5.74) is 8.49. The number of anilines is 2. The van der Waals surface area contributed by atoms with Gasteiger partial charge in [0.15, 0.2) is 0 Å². The first-order chi connectivity index (χ1) is 17.2. The Morgan fingerprint density at radius 1 is 0.973 bits per heavy atom. The topological polar surface area (TPSA) is 61.6 Å². The van der Waals surface area contributed by atoms with Crippen LogP contribution in [-0.2, 0) is 0 Å². The Kier molecular flexibility index (Phi) is 7.62. The molecule has 1 fully saturated rings. The van der Waals surface area contributed by atoms with E-state index in [1.54, 1.807) is 6.26 Å². The number of nitrogens with one attached hydrogen (secondary N) is 1. The van der Waals surface area contributed by atoms with E-state index in [4.69, 9.17) is 4.42 Å². The Bertz CT molecular complexity index is 1410. The highest BCUT2D eigenvalue weighted by Gasteiger charge is 2.27. The van der Waals surface area contributed by atoms with Crippen molar-refractivity contribution >= 4 is 40.7 Å². The predicted octanol–water partition coefficient (Wildman–Crippen LogP) is 6.62. The number of carbonyl (C=O) groups is 1. The van der Waals surface area contributed by atoms with E-state index in [-0.39, 0.29) is 18.3 Å². The van der Waals surface area contributed by atoms with Gasteiger partial charge in [-0.15, -0.1) is 12.4 Å². The third-order valence-corrected chi connectivity index (χ3v) is 7.40. The van der Waals surface area contributed by atoms with Crippen LogP contribution in [0.15, 0.2) is 59.2 Å². The minimum absolute atomic E-state index is 0. The second kappa shape index (κ2) is 10.6. The van der Waals surface area contributed by atoms with Crippen molar-refractivity contribution in [3.05, 3.63) is 77.3 Å². The van der Waals surface area contributed by atoms with Gasteiger partial charge in [0, 0.05) is 53.3 Å². The predicted molar refractivity (Wildman–Crippen MR) is 154 cm³/mol. The van der Waals surface area contributed by atoms with E-state index in [1.165, 1.54) is 0 Å². The quantitative estimate of drug-likeness (QED) is 0.329. The number of aromatic nitrogens is 1. The van der Waals surface area contributed by atoms with E-state index in [9.17, 15) is 4.79 Å². The van der Waals surface area contributed by atoms with Crippen LogP contribution in [-0.4, -0.2) is 48.0 Å². The van der Waals surface area contributed by atoms with Crippen LogP contribution in [0.3, 0.4) is 0 Å². The molecule has 194 valence electrons. The summed E-state index contributed by atoms with van der Waals surface area (Å²) in [5.74, 6) is -0.172. The molecule has 0 radical (unpaired) electrons. The second-order valence-corrected chi connectivity index (χ2v) is 10.2. The summed E-state index contributed by atoms with van der Waals surface area (Å²) in [6.07, 6.45) is 1.56. The molecule has 2 unspecified atom stereocenters. The summed E-state index contributed by atoms with van der Waals surface area (Å²) < 4.78 is 5.74. The van der Waals surface area contributed by atoms with Crippen LogP contribution in [0.2, 0.25) is 0 Å². The molecule has 1 saturated heterocycles. The standard InChI is InChI=1S/C30H34N4O2.ClH/c1-18-11-24(7-9-26(18)23-12-19(2)31-20(3)13-23)32-30(35)28-17-36-29-10-8-25(14-27(28)29)34-15-21(4)33(6)22(5)16-34;/h7-14,17,21-22H,15-16H2,1-6H3,(H,32,35);1H. The Morgan fingerprint density at radius 2 is 1.65 bits per heavy atom. The molecule has 6 nitrogen and oxygen atoms in total. The zero-order chi connectivity index (χ0) is 25.6. The Morgan fingerprint density at radius 3 is 2.30 bits per heavy atom. The maximum Gasteiger partial charge on any atom is 0.259 e. The lowest BCUT2D eigenvalue weighted by Gasteiger charge is -2.43. The Hall–Kier alpha value is -3.35. The van der Waals surface area contributed by atoms with Crippen molar-refractivity contribution < 1.29 is 9.21 Å². The van der Waals surface area contributed by atoms with Crippen LogP contribution in [0.5, 0.6) is 0 Å². The number of amides is 1. The molecule has 0 spiro atoms. The van der Waals surface area contributed by atoms with E-state index in [2.05, 4.69) is 78.3 Å². The summed E-state index contributed by atoms with van der Waals surface area (Å²) in [5, 5.41) is 3.90. The highest BCUT2D eigenvalue weighted by Crippen LogP contribution is 2.31. The third kappa shape index (κ3) is 5.36. The third-order valence-electron chi connectivity index (χ3n) is 7.40. The van der Waals surface area contributed by atoms with Gasteiger partial charge in [0.1, 0.15) is 11.8 Å². The fourth-order valence-electron chi connectivity index (χ4n) is 5.26. The molecule has 2 aromatic carbocycles. The highest BCUT2D eigenvalue weighted by molar-refractivity contribution is 6.12. The number of likely N-dealkylation sites (N-methyl/N-ethyl adjacent to an activating group) is 1. The van der Waals surface area contributed by atoms with Gasteiger partial charge in [0.25, 0.3) is 5.91 Å². The van der Waals surface area contributed by atoms with Crippen molar-refractivity contribution in [2.45, 2.75) is 46.7 Å². The lowest BCUT2D eigenvalue weighted by atomic mass is 9.99. The number of aryl methyl sites for hydroxylation is 3. The number of hydrogen-bond donors (Lipinski definition) is 1. The van der Waals surface area contributed by atoms with Gasteiger partial charge in [-0.05, 0) is 101 Å². The Labute approximate surface area is 225 Å². The minimum Gasteiger partial charge on any atom is -0.463 e. The van der Waals surface area contributed by atoms with E-state index in [1.807, 2.05) is 32.0 Å². The molecule has 4 aromatic rings. The molecule has 5 rings (SSSR count). The van der Waals surface area contributed by atoms with Gasteiger partial charge in [-0.1, -0.05) is 6.07 Å². The van der Waals surface area contributed by atoms with Gasteiger partial charge < -0.3 is 14.6 Å². The minimum atomic E-state index is -0.172. The molecule has 1 N–H and O–H groups in total. The zero-order valence-corrected chi connectivity index (χ0v) is 23.1. The molecule has 3 heterocycles. The van der Waals surface area contributed by atoms with Crippen LogP contribution in [0, 0.1) is 20.8 Å². The number of pyridine rings is 1. The van der Waals surface area contributed by atoms with Gasteiger partial charge in [-0.2, -0.15) is 0 Å². The average molecular weight is 519 g/mol. The normalized spacial score (nSPS) is 18.1. The molecule has 0 saturated carbocycles. The molecular weight excluding hydrogens is 484 g/mol. The second-order valence-electron chi connectivity index (χ2n) is 10.2. The molecule has 37 heavy (non-hydrogen) atoms. The van der Waals surface area contributed by atoms with E-state index in [0.717, 1.165) is 57.9 Å². The van der Waals surface area contributed by atoms with Crippen LogP contribution in [0.4, 0.5) is 11.4 Å². The number of piperazine rings is 1. The molecule has 0 aliphatic carbocycles. The van der Waals surface area contributed by atoms with E-state index >= 15 is 0 Å². The summed E-state index contributed by atoms with van der Waals surface area (Å²) in [4.78, 5) is 22.6. The number of carbonyl (C=O) groups excluding carboxylic acids is 1.